The van der Waals surface area contributed by atoms with Gasteiger partial charge in [0.25, 0.3) is 5.91 Å². The fourth-order valence-electron chi connectivity index (χ4n) is 1.52. The third-order valence-corrected chi connectivity index (χ3v) is 4.05. The Hall–Kier alpha value is -1.17. The van der Waals surface area contributed by atoms with Crippen LogP contribution in [0.3, 0.4) is 0 Å². The summed E-state index contributed by atoms with van der Waals surface area (Å²) >= 11 is 13.2. The van der Waals surface area contributed by atoms with Crippen molar-refractivity contribution in [1.82, 2.24) is 15.3 Å². The van der Waals surface area contributed by atoms with E-state index in [9.17, 15) is 4.79 Å². The van der Waals surface area contributed by atoms with Crippen LogP contribution in [0.15, 0.2) is 18.3 Å². The zero-order valence-electron chi connectivity index (χ0n) is 11.0. The Kier molecular flexibility index (Phi) is 4.96. The fourth-order valence-corrected chi connectivity index (χ4v) is 2.72. The first kappa shape index (κ1) is 15.2. The number of rotatable bonds is 4. The van der Waals surface area contributed by atoms with Crippen molar-refractivity contribution >= 4 is 40.4 Å². The highest BCUT2D eigenvalue weighted by molar-refractivity contribution is 7.16. The molecular weight excluding hydrogens is 317 g/mol. The predicted octanol–water partition coefficient (Wildman–Crippen LogP) is 3.90. The molecule has 0 radical (unpaired) electrons. The van der Waals surface area contributed by atoms with Crippen molar-refractivity contribution in [3.8, 4) is 0 Å². The van der Waals surface area contributed by atoms with E-state index in [2.05, 4.69) is 15.3 Å². The zero-order chi connectivity index (χ0) is 14.7. The van der Waals surface area contributed by atoms with Gasteiger partial charge in [0.1, 0.15) is 11.5 Å². The van der Waals surface area contributed by atoms with E-state index < -0.39 is 0 Å². The number of halogens is 2. The molecule has 1 amide bonds. The number of thiophene rings is 1. The van der Waals surface area contributed by atoms with Crippen LogP contribution >= 0.6 is 34.5 Å². The molecule has 2 rings (SSSR count). The van der Waals surface area contributed by atoms with E-state index in [1.165, 1.54) is 17.5 Å². The first-order chi connectivity index (χ1) is 9.47. The minimum absolute atomic E-state index is 0.134. The molecule has 0 aliphatic rings. The van der Waals surface area contributed by atoms with Crippen LogP contribution in [0.1, 0.15) is 41.0 Å². The highest BCUT2D eigenvalue weighted by Crippen LogP contribution is 2.21. The largest absolute Gasteiger partial charge is 0.346 e. The molecule has 0 saturated carbocycles. The highest BCUT2D eigenvalue weighted by Gasteiger charge is 2.15. The van der Waals surface area contributed by atoms with Crippen molar-refractivity contribution < 1.29 is 4.79 Å². The maximum atomic E-state index is 12.1. The van der Waals surface area contributed by atoms with Crippen LogP contribution in [0, 0.1) is 0 Å². The molecule has 0 aliphatic carbocycles. The molecule has 0 aliphatic heterocycles. The van der Waals surface area contributed by atoms with Gasteiger partial charge in [-0.15, -0.1) is 11.3 Å². The summed E-state index contributed by atoms with van der Waals surface area (Å²) in [6, 6.07) is 3.66. The Morgan fingerprint density at radius 2 is 2.15 bits per heavy atom. The molecule has 0 bridgehead atoms. The fraction of sp³-hybridized carbons (Fsp3) is 0.308. The molecule has 4 nitrogen and oxygen atoms in total. The van der Waals surface area contributed by atoms with Crippen LogP contribution in [0.5, 0.6) is 0 Å². The van der Waals surface area contributed by atoms with Gasteiger partial charge in [-0.2, -0.15) is 0 Å². The molecule has 2 aromatic heterocycles. The third-order valence-electron chi connectivity index (χ3n) is 2.55. The summed E-state index contributed by atoms with van der Waals surface area (Å²) in [5.74, 6) is 0.414. The van der Waals surface area contributed by atoms with E-state index in [1.54, 1.807) is 6.07 Å². The minimum Gasteiger partial charge on any atom is -0.346 e. The van der Waals surface area contributed by atoms with Crippen molar-refractivity contribution in [2.24, 2.45) is 0 Å². The van der Waals surface area contributed by atoms with Gasteiger partial charge in [0.15, 0.2) is 0 Å². The van der Waals surface area contributed by atoms with E-state index in [0.29, 0.717) is 16.7 Å². The Morgan fingerprint density at radius 3 is 2.75 bits per heavy atom. The van der Waals surface area contributed by atoms with E-state index in [4.69, 9.17) is 23.2 Å². The Labute approximate surface area is 131 Å². The van der Waals surface area contributed by atoms with Crippen molar-refractivity contribution in [3.05, 3.63) is 44.1 Å². The monoisotopic (exact) mass is 329 g/mol. The first-order valence-corrected chi connectivity index (χ1v) is 7.59. The van der Waals surface area contributed by atoms with Gasteiger partial charge in [0.05, 0.1) is 22.1 Å². The van der Waals surface area contributed by atoms with Gasteiger partial charge in [0.2, 0.25) is 0 Å². The average Bonchev–Trinajstić information content (AvgIpc) is 2.82. The lowest BCUT2D eigenvalue weighted by Gasteiger charge is -2.08. The van der Waals surface area contributed by atoms with E-state index >= 15 is 0 Å². The molecule has 0 unspecified atom stereocenters. The summed E-state index contributed by atoms with van der Waals surface area (Å²) in [6.07, 6.45) is 1.46. The molecule has 0 atom stereocenters. The number of carbonyl (C=O) groups excluding carboxylic acids is 1. The van der Waals surface area contributed by atoms with Crippen molar-refractivity contribution in [2.45, 2.75) is 26.3 Å². The Balaban J connectivity index is 2.10. The number of amides is 1. The van der Waals surface area contributed by atoms with E-state index in [1.807, 2.05) is 19.9 Å². The number of carbonyl (C=O) groups is 1. The number of aromatic nitrogens is 2. The lowest BCUT2D eigenvalue weighted by Crippen LogP contribution is -2.24. The summed E-state index contributed by atoms with van der Waals surface area (Å²) in [5, 5.41) is 3.02. The number of nitrogens with one attached hydrogen (secondary N) is 1. The van der Waals surface area contributed by atoms with Gasteiger partial charge in [0, 0.05) is 10.8 Å². The standard InChI is InChI=1S/C13H13Cl2N3OS/c1-7(2)12-16-6-9(14)11(18-12)13(19)17-5-8-3-4-10(15)20-8/h3-4,6-7H,5H2,1-2H3,(H,17,19). The zero-order valence-corrected chi connectivity index (χ0v) is 13.3. The lowest BCUT2D eigenvalue weighted by molar-refractivity contribution is 0.0946. The Bertz CT molecular complexity index is 628. The summed E-state index contributed by atoms with van der Waals surface area (Å²) in [4.78, 5) is 21.4. The smallest absolute Gasteiger partial charge is 0.271 e. The van der Waals surface area contributed by atoms with Crippen LogP contribution in [-0.2, 0) is 6.54 Å². The van der Waals surface area contributed by atoms with E-state index in [-0.39, 0.29) is 22.5 Å². The molecule has 2 aromatic rings. The van der Waals surface area contributed by atoms with E-state index in [0.717, 1.165) is 4.88 Å². The Morgan fingerprint density at radius 1 is 1.40 bits per heavy atom. The maximum Gasteiger partial charge on any atom is 0.271 e. The van der Waals surface area contributed by atoms with Crippen molar-refractivity contribution in [3.63, 3.8) is 0 Å². The van der Waals surface area contributed by atoms with Crippen LogP contribution < -0.4 is 5.32 Å². The average molecular weight is 330 g/mol. The van der Waals surface area contributed by atoms with Gasteiger partial charge in [-0.05, 0) is 12.1 Å². The number of nitrogens with zero attached hydrogens (tertiary/aromatic N) is 2. The molecular formula is C13H13Cl2N3OS. The molecule has 7 heteroatoms. The second kappa shape index (κ2) is 6.52. The summed E-state index contributed by atoms with van der Waals surface area (Å²) < 4.78 is 0.691. The molecule has 0 aromatic carbocycles. The molecule has 106 valence electrons. The second-order valence-electron chi connectivity index (χ2n) is 4.47. The van der Waals surface area contributed by atoms with Crippen LogP contribution in [0.2, 0.25) is 9.36 Å². The number of hydrogen-bond donors (Lipinski definition) is 1. The quantitative estimate of drug-likeness (QED) is 0.925. The van der Waals surface area contributed by atoms with Gasteiger partial charge >= 0.3 is 0 Å². The highest BCUT2D eigenvalue weighted by atomic mass is 35.5. The summed E-state index contributed by atoms with van der Waals surface area (Å²) in [5.41, 5.74) is 0.202. The lowest BCUT2D eigenvalue weighted by atomic mass is 10.2. The van der Waals surface area contributed by atoms with Gasteiger partial charge in [-0.3, -0.25) is 4.79 Å². The van der Waals surface area contributed by atoms with Crippen molar-refractivity contribution in [1.29, 1.82) is 0 Å². The molecule has 20 heavy (non-hydrogen) atoms. The van der Waals surface area contributed by atoms with Gasteiger partial charge in [-0.1, -0.05) is 37.0 Å². The van der Waals surface area contributed by atoms with Crippen molar-refractivity contribution in [2.75, 3.05) is 0 Å². The molecule has 1 N–H and O–H groups in total. The third kappa shape index (κ3) is 3.69. The normalized spacial score (nSPS) is 10.8. The topological polar surface area (TPSA) is 54.9 Å². The number of hydrogen-bond acceptors (Lipinski definition) is 4. The second-order valence-corrected chi connectivity index (χ2v) is 6.67. The van der Waals surface area contributed by atoms with Crippen LogP contribution in [0.25, 0.3) is 0 Å². The molecule has 0 spiro atoms. The summed E-state index contributed by atoms with van der Waals surface area (Å²) in [6.45, 7) is 4.31. The van der Waals surface area contributed by atoms with Gasteiger partial charge in [-0.25, -0.2) is 9.97 Å². The van der Waals surface area contributed by atoms with Crippen LogP contribution in [0.4, 0.5) is 0 Å². The molecule has 2 heterocycles. The van der Waals surface area contributed by atoms with Gasteiger partial charge < -0.3 is 5.32 Å². The van der Waals surface area contributed by atoms with Crippen LogP contribution in [-0.4, -0.2) is 15.9 Å². The SMILES string of the molecule is CC(C)c1ncc(Cl)c(C(=O)NCc2ccc(Cl)s2)n1. The maximum absolute atomic E-state index is 12.1. The minimum atomic E-state index is -0.316. The predicted molar refractivity (Wildman–Crippen MR) is 81.6 cm³/mol. The summed E-state index contributed by atoms with van der Waals surface area (Å²) in [7, 11) is 0. The molecule has 0 saturated heterocycles. The molecule has 0 fully saturated rings. The first-order valence-electron chi connectivity index (χ1n) is 6.02.